The van der Waals surface area contributed by atoms with Crippen LogP contribution in [0.5, 0.6) is 0 Å². The topological polar surface area (TPSA) is 81.7 Å². The number of carbonyl (C=O) groups is 2. The molecule has 1 heterocycles. The number of thiophene rings is 1. The zero-order valence-corrected chi connectivity index (χ0v) is 16.0. The zero-order chi connectivity index (χ0) is 19.8. The first kappa shape index (κ1) is 19.6. The quantitative estimate of drug-likeness (QED) is 0.565. The van der Waals surface area contributed by atoms with Gasteiger partial charge < -0.3 is 15.3 Å². The molecular formula is C21H21N3O3S. The van der Waals surface area contributed by atoms with Crippen LogP contribution in [0.1, 0.15) is 15.2 Å². The van der Waals surface area contributed by atoms with E-state index in [4.69, 9.17) is 0 Å². The molecule has 0 unspecified atom stereocenters. The van der Waals surface area contributed by atoms with Gasteiger partial charge in [0, 0.05) is 18.8 Å². The Morgan fingerprint density at radius 1 is 0.893 bits per heavy atom. The number of amides is 3. The lowest BCUT2D eigenvalue weighted by Crippen LogP contribution is -2.32. The van der Waals surface area contributed by atoms with Crippen molar-refractivity contribution in [1.82, 2.24) is 4.90 Å². The molecule has 2 aromatic carbocycles. The summed E-state index contributed by atoms with van der Waals surface area (Å²) in [6.45, 7) is 0.535. The molecule has 0 fully saturated rings. The Morgan fingerprint density at radius 2 is 1.57 bits per heavy atom. The third-order valence-electron chi connectivity index (χ3n) is 3.96. The highest BCUT2D eigenvalue weighted by atomic mass is 32.1. The summed E-state index contributed by atoms with van der Waals surface area (Å²) in [5.74, 6) is -0.181. The van der Waals surface area contributed by atoms with Gasteiger partial charge in [-0.3, -0.25) is 10.1 Å². The van der Waals surface area contributed by atoms with E-state index in [0.717, 1.165) is 5.56 Å². The molecule has 0 saturated heterocycles. The van der Waals surface area contributed by atoms with Crippen LogP contribution in [-0.2, 0) is 6.54 Å². The average molecular weight is 395 g/mol. The molecular weight excluding hydrogens is 374 g/mol. The van der Waals surface area contributed by atoms with Gasteiger partial charge in [-0.15, -0.1) is 11.3 Å². The van der Waals surface area contributed by atoms with Crippen molar-refractivity contribution in [1.29, 1.82) is 0 Å². The second-order valence-corrected chi connectivity index (χ2v) is 7.13. The second-order valence-electron chi connectivity index (χ2n) is 6.04. The fourth-order valence-electron chi connectivity index (χ4n) is 2.65. The number of anilines is 2. The van der Waals surface area contributed by atoms with Crippen molar-refractivity contribution < 1.29 is 14.7 Å². The van der Waals surface area contributed by atoms with Gasteiger partial charge in [0.2, 0.25) is 0 Å². The van der Waals surface area contributed by atoms with Crippen LogP contribution in [0.3, 0.4) is 0 Å². The highest BCUT2D eigenvalue weighted by Gasteiger charge is 2.18. The largest absolute Gasteiger partial charge is 0.395 e. The maximum absolute atomic E-state index is 12.8. The first-order valence-corrected chi connectivity index (χ1v) is 9.64. The number of urea groups is 1. The van der Waals surface area contributed by atoms with Gasteiger partial charge >= 0.3 is 6.03 Å². The van der Waals surface area contributed by atoms with Gasteiger partial charge in [-0.1, -0.05) is 48.5 Å². The van der Waals surface area contributed by atoms with E-state index in [1.807, 2.05) is 48.5 Å². The lowest BCUT2D eigenvalue weighted by atomic mass is 10.2. The van der Waals surface area contributed by atoms with E-state index in [1.54, 1.807) is 29.2 Å². The molecule has 0 aliphatic heterocycles. The third-order valence-corrected chi connectivity index (χ3v) is 4.95. The number of hydrogen-bond donors (Lipinski definition) is 3. The molecule has 0 saturated carbocycles. The molecule has 1 aromatic heterocycles. The molecule has 7 heteroatoms. The number of nitrogens with zero attached hydrogens (tertiary/aromatic N) is 1. The molecule has 0 atom stereocenters. The number of carbonyl (C=O) groups excluding carboxylic acids is 2. The van der Waals surface area contributed by atoms with E-state index in [9.17, 15) is 14.7 Å². The van der Waals surface area contributed by atoms with Crippen molar-refractivity contribution in [3.63, 3.8) is 0 Å². The average Bonchev–Trinajstić information content (AvgIpc) is 3.17. The summed E-state index contributed by atoms with van der Waals surface area (Å²) in [7, 11) is 0. The van der Waals surface area contributed by atoms with E-state index in [0.29, 0.717) is 22.1 Å². The first-order valence-electron chi connectivity index (χ1n) is 8.82. The molecule has 28 heavy (non-hydrogen) atoms. The SMILES string of the molecule is O=C(Nc1ccccc1)Nc1ccc(C(=O)N(CCO)Cc2ccccc2)s1. The van der Waals surface area contributed by atoms with Crippen LogP contribution in [-0.4, -0.2) is 35.1 Å². The molecule has 6 nitrogen and oxygen atoms in total. The summed E-state index contributed by atoms with van der Waals surface area (Å²) in [5.41, 5.74) is 1.67. The Bertz CT molecular complexity index is 913. The van der Waals surface area contributed by atoms with Crippen molar-refractivity contribution in [2.75, 3.05) is 23.8 Å². The first-order chi connectivity index (χ1) is 13.7. The Hall–Kier alpha value is -3.16. The Kier molecular flexibility index (Phi) is 6.78. The van der Waals surface area contributed by atoms with Gasteiger partial charge in [0.25, 0.3) is 5.91 Å². The van der Waals surface area contributed by atoms with Crippen LogP contribution in [0, 0.1) is 0 Å². The molecule has 3 amide bonds. The standard InChI is InChI=1S/C21H21N3O3S/c25-14-13-24(15-16-7-3-1-4-8-16)20(26)18-11-12-19(28-18)23-21(27)22-17-9-5-2-6-10-17/h1-12,25H,13-15H2,(H2,22,23,27). The maximum Gasteiger partial charge on any atom is 0.324 e. The molecule has 0 bridgehead atoms. The van der Waals surface area contributed by atoms with E-state index in [-0.39, 0.29) is 25.1 Å². The lowest BCUT2D eigenvalue weighted by molar-refractivity contribution is 0.0712. The summed E-state index contributed by atoms with van der Waals surface area (Å²) in [4.78, 5) is 27.0. The van der Waals surface area contributed by atoms with Crippen LogP contribution in [0.15, 0.2) is 72.8 Å². The minimum absolute atomic E-state index is 0.117. The number of rotatable bonds is 7. The van der Waals surface area contributed by atoms with Crippen molar-refractivity contribution in [2.24, 2.45) is 0 Å². The summed E-state index contributed by atoms with van der Waals surface area (Å²) >= 11 is 1.20. The minimum atomic E-state index is -0.372. The van der Waals surface area contributed by atoms with Crippen molar-refractivity contribution in [3.8, 4) is 0 Å². The summed E-state index contributed by atoms with van der Waals surface area (Å²) in [6.07, 6.45) is 0. The number of aliphatic hydroxyl groups excluding tert-OH is 1. The smallest absolute Gasteiger partial charge is 0.324 e. The molecule has 144 valence electrons. The molecule has 3 rings (SSSR count). The molecule has 0 aliphatic rings. The fraction of sp³-hybridized carbons (Fsp3) is 0.143. The molecule has 3 N–H and O–H groups in total. The van der Waals surface area contributed by atoms with E-state index >= 15 is 0 Å². The third kappa shape index (κ3) is 5.42. The second kappa shape index (κ2) is 9.68. The number of para-hydroxylation sites is 1. The Morgan fingerprint density at radius 3 is 2.25 bits per heavy atom. The van der Waals surface area contributed by atoms with Crippen molar-refractivity contribution in [3.05, 3.63) is 83.2 Å². The number of nitrogens with one attached hydrogen (secondary N) is 2. The van der Waals surface area contributed by atoms with Crippen LogP contribution in [0.25, 0.3) is 0 Å². The van der Waals surface area contributed by atoms with E-state index in [2.05, 4.69) is 10.6 Å². The van der Waals surface area contributed by atoms with Crippen LogP contribution in [0.2, 0.25) is 0 Å². The summed E-state index contributed by atoms with van der Waals surface area (Å²) < 4.78 is 0. The fourth-order valence-corrected chi connectivity index (χ4v) is 3.52. The monoisotopic (exact) mass is 395 g/mol. The van der Waals surface area contributed by atoms with Gasteiger partial charge in [0.15, 0.2) is 0 Å². The van der Waals surface area contributed by atoms with Gasteiger partial charge in [0.1, 0.15) is 0 Å². The predicted molar refractivity (Wildman–Crippen MR) is 112 cm³/mol. The van der Waals surface area contributed by atoms with Crippen LogP contribution < -0.4 is 10.6 Å². The van der Waals surface area contributed by atoms with E-state index in [1.165, 1.54) is 11.3 Å². The molecule has 0 spiro atoms. The predicted octanol–water partition coefficient (Wildman–Crippen LogP) is 4.03. The minimum Gasteiger partial charge on any atom is -0.395 e. The lowest BCUT2D eigenvalue weighted by Gasteiger charge is -2.21. The van der Waals surface area contributed by atoms with Gasteiger partial charge in [0.05, 0.1) is 16.5 Å². The van der Waals surface area contributed by atoms with Gasteiger partial charge in [-0.2, -0.15) is 0 Å². The van der Waals surface area contributed by atoms with Gasteiger partial charge in [-0.05, 0) is 29.8 Å². The Labute approximate surface area is 167 Å². The number of benzene rings is 2. The molecule has 0 aliphatic carbocycles. The number of hydrogen-bond acceptors (Lipinski definition) is 4. The highest BCUT2D eigenvalue weighted by molar-refractivity contribution is 7.18. The number of aliphatic hydroxyl groups is 1. The zero-order valence-electron chi connectivity index (χ0n) is 15.2. The van der Waals surface area contributed by atoms with Gasteiger partial charge in [-0.25, -0.2) is 4.79 Å². The normalized spacial score (nSPS) is 10.3. The molecule has 3 aromatic rings. The summed E-state index contributed by atoms with van der Waals surface area (Å²) in [5, 5.41) is 15.4. The van der Waals surface area contributed by atoms with Crippen molar-refractivity contribution >= 4 is 34.0 Å². The van der Waals surface area contributed by atoms with Crippen LogP contribution >= 0.6 is 11.3 Å². The van der Waals surface area contributed by atoms with Crippen LogP contribution in [0.4, 0.5) is 15.5 Å². The Balaban J connectivity index is 1.63. The summed E-state index contributed by atoms with van der Waals surface area (Å²) in [6, 6.07) is 21.7. The molecule has 0 radical (unpaired) electrons. The maximum atomic E-state index is 12.8. The van der Waals surface area contributed by atoms with E-state index < -0.39 is 0 Å². The highest BCUT2D eigenvalue weighted by Crippen LogP contribution is 2.24. The van der Waals surface area contributed by atoms with Crippen molar-refractivity contribution in [2.45, 2.75) is 6.54 Å².